The Labute approximate surface area is 261 Å². The minimum atomic E-state index is -0.281. The van der Waals surface area contributed by atoms with E-state index in [0.717, 1.165) is 49.1 Å². The summed E-state index contributed by atoms with van der Waals surface area (Å²) < 4.78 is 24.5. The number of aryl methyl sites for hydroxylation is 1. The van der Waals surface area contributed by atoms with Gasteiger partial charge in [-0.3, -0.25) is 19.6 Å². The summed E-state index contributed by atoms with van der Waals surface area (Å²) in [5, 5.41) is 0.750. The Morgan fingerprint density at radius 1 is 0.933 bits per heavy atom. The summed E-state index contributed by atoms with van der Waals surface area (Å²) in [5.74, 6) is 2.35. The molecule has 4 heterocycles. The smallest absolute Gasteiger partial charge is 0.200 e. The van der Waals surface area contributed by atoms with E-state index in [9.17, 15) is 9.59 Å². The van der Waals surface area contributed by atoms with Gasteiger partial charge in [-0.1, -0.05) is 29.8 Å². The van der Waals surface area contributed by atoms with E-state index >= 15 is 0 Å². The lowest BCUT2D eigenvalue weighted by Gasteiger charge is -2.23. The van der Waals surface area contributed by atoms with Crippen LogP contribution >= 0.6 is 0 Å². The molecule has 0 saturated carbocycles. The van der Waals surface area contributed by atoms with E-state index in [1.807, 2.05) is 48.0 Å². The second kappa shape index (κ2) is 13.3. The Morgan fingerprint density at radius 3 is 2.40 bits per heavy atom. The van der Waals surface area contributed by atoms with Crippen LogP contribution in [0.5, 0.6) is 23.0 Å². The van der Waals surface area contributed by atoms with Gasteiger partial charge >= 0.3 is 0 Å². The third-order valence-corrected chi connectivity index (χ3v) is 8.13. The van der Waals surface area contributed by atoms with Gasteiger partial charge in [-0.2, -0.15) is 0 Å². The van der Waals surface area contributed by atoms with Crippen molar-refractivity contribution in [1.29, 1.82) is 0 Å². The Bertz CT molecular complexity index is 1880. The number of methoxy groups -OCH3 is 2. The van der Waals surface area contributed by atoms with E-state index in [2.05, 4.69) is 9.97 Å². The zero-order chi connectivity index (χ0) is 31.3. The van der Waals surface area contributed by atoms with Crippen LogP contribution in [0.2, 0.25) is 0 Å². The Hall–Kier alpha value is -5.02. The van der Waals surface area contributed by atoms with Crippen LogP contribution in [0.25, 0.3) is 22.0 Å². The summed E-state index contributed by atoms with van der Waals surface area (Å²) in [6, 6.07) is 16.7. The van der Waals surface area contributed by atoms with Gasteiger partial charge in [0.1, 0.15) is 11.5 Å². The summed E-state index contributed by atoms with van der Waals surface area (Å²) in [6.45, 7) is 4.18. The molecule has 1 aliphatic heterocycles. The molecule has 3 aromatic heterocycles. The van der Waals surface area contributed by atoms with E-state index in [4.69, 9.17) is 18.9 Å². The number of hydrogen-bond donors (Lipinski definition) is 0. The molecule has 230 valence electrons. The highest BCUT2D eigenvalue weighted by Crippen LogP contribution is 2.36. The van der Waals surface area contributed by atoms with E-state index in [1.54, 1.807) is 57.1 Å². The number of nitrogens with zero attached hydrogens (tertiary/aromatic N) is 3. The van der Waals surface area contributed by atoms with Crippen molar-refractivity contribution in [3.8, 4) is 34.1 Å². The molecular formula is C36H35N3O6. The van der Waals surface area contributed by atoms with Crippen LogP contribution in [0.1, 0.15) is 34.5 Å². The van der Waals surface area contributed by atoms with Gasteiger partial charge in [0.15, 0.2) is 22.7 Å². The van der Waals surface area contributed by atoms with Crippen LogP contribution in [0.15, 0.2) is 84.2 Å². The molecule has 45 heavy (non-hydrogen) atoms. The lowest BCUT2D eigenvalue weighted by atomic mass is 9.98. The molecule has 9 heteroatoms. The molecule has 5 aromatic rings. The molecule has 0 amide bonds. The predicted octanol–water partition coefficient (Wildman–Crippen LogP) is 6.43. The van der Waals surface area contributed by atoms with Crippen molar-refractivity contribution in [3.05, 3.63) is 106 Å². The minimum Gasteiger partial charge on any atom is -0.493 e. The Morgan fingerprint density at radius 2 is 1.69 bits per heavy atom. The van der Waals surface area contributed by atoms with E-state index in [1.165, 1.54) is 0 Å². The zero-order valence-corrected chi connectivity index (χ0v) is 25.6. The van der Waals surface area contributed by atoms with Gasteiger partial charge in [-0.25, -0.2) is 0 Å². The molecule has 2 aromatic carbocycles. The quantitative estimate of drug-likeness (QED) is 0.168. The molecule has 1 saturated heterocycles. The van der Waals surface area contributed by atoms with Gasteiger partial charge in [0.2, 0.25) is 0 Å². The van der Waals surface area contributed by atoms with E-state index < -0.39 is 0 Å². The first-order valence-corrected chi connectivity index (χ1v) is 15.0. The maximum Gasteiger partial charge on any atom is 0.200 e. The first-order chi connectivity index (χ1) is 21.9. The van der Waals surface area contributed by atoms with Crippen LogP contribution in [-0.2, 0) is 17.7 Å². The minimum absolute atomic E-state index is 0.0146. The summed E-state index contributed by atoms with van der Waals surface area (Å²) in [4.78, 5) is 36.2. The van der Waals surface area contributed by atoms with Crippen LogP contribution < -0.4 is 19.6 Å². The first kappa shape index (κ1) is 30.0. The number of carbonyl (C=O) groups excluding carboxylic acids is 1. The van der Waals surface area contributed by atoms with Gasteiger partial charge in [-0.15, -0.1) is 0 Å². The summed E-state index contributed by atoms with van der Waals surface area (Å²) in [6.07, 6.45) is 8.69. The van der Waals surface area contributed by atoms with Crippen molar-refractivity contribution in [2.24, 2.45) is 5.92 Å². The highest BCUT2D eigenvalue weighted by Gasteiger charge is 2.20. The maximum absolute atomic E-state index is 13.7. The number of ketones is 1. The fourth-order valence-corrected chi connectivity index (χ4v) is 5.60. The lowest BCUT2D eigenvalue weighted by Crippen LogP contribution is -2.25. The van der Waals surface area contributed by atoms with Crippen molar-refractivity contribution in [3.63, 3.8) is 0 Å². The highest BCUT2D eigenvalue weighted by molar-refractivity contribution is 5.98. The van der Waals surface area contributed by atoms with Crippen molar-refractivity contribution < 1.29 is 23.7 Å². The molecule has 0 bridgehead atoms. The van der Waals surface area contributed by atoms with Gasteiger partial charge in [0.05, 0.1) is 37.9 Å². The molecule has 0 unspecified atom stereocenters. The molecular weight excluding hydrogens is 570 g/mol. The van der Waals surface area contributed by atoms with Crippen LogP contribution in [0.3, 0.4) is 0 Å². The number of pyridine rings is 3. The summed E-state index contributed by atoms with van der Waals surface area (Å²) >= 11 is 0. The van der Waals surface area contributed by atoms with E-state index in [0.29, 0.717) is 45.7 Å². The molecule has 0 spiro atoms. The highest BCUT2D eigenvalue weighted by atomic mass is 16.5. The van der Waals surface area contributed by atoms with Gasteiger partial charge in [-0.05, 0) is 55.5 Å². The topological polar surface area (TPSA) is 102 Å². The van der Waals surface area contributed by atoms with Crippen molar-refractivity contribution in [2.75, 3.05) is 27.4 Å². The molecule has 0 atom stereocenters. The van der Waals surface area contributed by atoms with Crippen molar-refractivity contribution in [1.82, 2.24) is 14.5 Å². The van der Waals surface area contributed by atoms with Crippen LogP contribution in [0.4, 0.5) is 0 Å². The Balaban J connectivity index is 1.24. The predicted molar refractivity (Wildman–Crippen MR) is 172 cm³/mol. The number of aromatic nitrogens is 3. The van der Waals surface area contributed by atoms with Gasteiger partial charge < -0.3 is 23.5 Å². The average Bonchev–Trinajstić information content (AvgIpc) is 3.06. The number of rotatable bonds is 10. The second-order valence-corrected chi connectivity index (χ2v) is 11.3. The van der Waals surface area contributed by atoms with Crippen LogP contribution in [0, 0.1) is 12.8 Å². The number of benzene rings is 2. The van der Waals surface area contributed by atoms with Crippen molar-refractivity contribution in [2.45, 2.75) is 32.7 Å². The molecule has 9 nitrogen and oxygen atoms in total. The molecule has 6 rings (SSSR count). The molecule has 0 N–H and O–H groups in total. The summed E-state index contributed by atoms with van der Waals surface area (Å²) in [5.41, 5.74) is 3.52. The maximum atomic E-state index is 13.7. The zero-order valence-electron chi connectivity index (χ0n) is 25.6. The van der Waals surface area contributed by atoms with Crippen LogP contribution in [-0.4, -0.2) is 47.8 Å². The first-order valence-electron chi connectivity index (χ1n) is 15.0. The fourth-order valence-electron chi connectivity index (χ4n) is 5.60. The largest absolute Gasteiger partial charge is 0.493 e. The second-order valence-electron chi connectivity index (χ2n) is 11.3. The molecule has 1 fully saturated rings. The number of ether oxygens (including phenoxy) is 4. The van der Waals surface area contributed by atoms with Gasteiger partial charge in [0.25, 0.3) is 0 Å². The fraction of sp³-hybridized carbons (Fsp3) is 0.278. The average molecular weight is 606 g/mol. The number of fused-ring (bicyclic) bond motifs is 1. The van der Waals surface area contributed by atoms with Crippen molar-refractivity contribution >= 4 is 16.7 Å². The third kappa shape index (κ3) is 6.73. The Kier molecular flexibility index (Phi) is 8.89. The lowest BCUT2D eigenvalue weighted by molar-refractivity contribution is 0.0612. The SMILES string of the molecule is COc1cc2nccc(Oc3ccc(CC(=O)c4cn(CC5CCOCC5)cc(-c5ccc(C)cc5)c4=O)nc3)c2cc1OC. The van der Waals surface area contributed by atoms with E-state index in [-0.39, 0.29) is 23.2 Å². The molecule has 0 aliphatic carbocycles. The number of Topliss-reactive ketones (excluding diaryl/α,β-unsaturated/α-hetero) is 1. The number of hydrogen-bond acceptors (Lipinski definition) is 8. The number of carbonyl (C=O) groups is 1. The molecule has 0 radical (unpaired) electrons. The normalized spacial score (nSPS) is 13.5. The summed E-state index contributed by atoms with van der Waals surface area (Å²) in [7, 11) is 3.15. The standard InChI is InChI=1S/C36H35N3O6/c1-23-4-6-25(7-5-23)29-21-39(20-24-11-14-44-15-12-24)22-30(36(29)41)32(40)16-26-8-9-27(19-38-26)45-33-10-13-37-31-18-35(43-3)34(42-2)17-28(31)33/h4-10,13,17-19,21-22,24H,11-12,14-16,20H2,1-3H3. The third-order valence-electron chi connectivity index (χ3n) is 8.13. The molecule has 1 aliphatic rings. The van der Waals surface area contributed by atoms with Gasteiger partial charge in [0, 0.05) is 61.1 Å². The monoisotopic (exact) mass is 605 g/mol.